The summed E-state index contributed by atoms with van der Waals surface area (Å²) in [4.78, 5) is 30.8. The number of hydrogen-bond acceptors (Lipinski definition) is 5. The number of carbonyl (C=O) groups excluding carboxylic acids is 1. The highest BCUT2D eigenvalue weighted by Crippen LogP contribution is 2.46. The Bertz CT molecular complexity index is 1300. The number of nitrogens with zero attached hydrogens (tertiary/aromatic N) is 2. The lowest BCUT2D eigenvalue weighted by molar-refractivity contribution is 0.0696. The van der Waals surface area contributed by atoms with Crippen molar-refractivity contribution in [2.24, 2.45) is 0 Å². The molecular weight excluding hydrogens is 456 g/mol. The van der Waals surface area contributed by atoms with Gasteiger partial charge in [0.15, 0.2) is 11.6 Å². The first-order chi connectivity index (χ1) is 16.7. The normalized spacial score (nSPS) is 16.4. The third kappa shape index (κ3) is 4.53. The number of ether oxygens (including phenoxy) is 1. The number of carbonyl (C=O) groups is 2. The molecule has 1 saturated heterocycles. The van der Waals surface area contributed by atoms with E-state index in [1.54, 1.807) is 24.4 Å². The number of aromatic carboxylic acids is 1. The molecule has 7 nitrogen and oxygen atoms in total. The monoisotopic (exact) mass is 479 g/mol. The van der Waals surface area contributed by atoms with Gasteiger partial charge in [-0.1, -0.05) is 12.1 Å². The first-order valence-corrected chi connectivity index (χ1v) is 11.2. The van der Waals surface area contributed by atoms with Gasteiger partial charge in [0, 0.05) is 12.3 Å². The molecule has 1 aromatic heterocycles. The number of nitrogens with one attached hydrogen (secondary N) is 1. The molecule has 2 aromatic carbocycles. The van der Waals surface area contributed by atoms with Gasteiger partial charge in [-0.25, -0.2) is 18.6 Å². The summed E-state index contributed by atoms with van der Waals surface area (Å²) in [6.07, 6.45) is 2.95. The maximum absolute atomic E-state index is 13.4. The second kappa shape index (κ2) is 8.65. The number of rotatable bonds is 7. The van der Waals surface area contributed by atoms with Gasteiger partial charge in [0.25, 0.3) is 5.91 Å². The van der Waals surface area contributed by atoms with E-state index in [2.05, 4.69) is 10.3 Å². The molecule has 3 aromatic rings. The van der Waals surface area contributed by atoms with Gasteiger partial charge < -0.3 is 20.1 Å². The number of anilines is 1. The lowest BCUT2D eigenvalue weighted by Crippen LogP contribution is -2.55. The number of carboxylic acid groups (broad SMARTS) is 1. The number of benzene rings is 2. The van der Waals surface area contributed by atoms with Crippen LogP contribution in [0.2, 0.25) is 0 Å². The minimum absolute atomic E-state index is 0.193. The van der Waals surface area contributed by atoms with Crippen molar-refractivity contribution in [2.45, 2.75) is 31.4 Å². The average molecular weight is 479 g/mol. The Kier molecular flexibility index (Phi) is 5.62. The van der Waals surface area contributed by atoms with E-state index in [1.807, 2.05) is 11.8 Å². The zero-order valence-electron chi connectivity index (χ0n) is 18.9. The second-order valence-corrected chi connectivity index (χ2v) is 9.02. The predicted molar refractivity (Wildman–Crippen MR) is 124 cm³/mol. The van der Waals surface area contributed by atoms with Crippen LogP contribution in [-0.2, 0) is 5.54 Å². The summed E-state index contributed by atoms with van der Waals surface area (Å²) >= 11 is 0. The summed E-state index contributed by atoms with van der Waals surface area (Å²) in [5.74, 6) is -2.39. The van der Waals surface area contributed by atoms with Crippen molar-refractivity contribution in [3.63, 3.8) is 0 Å². The predicted octanol–water partition coefficient (Wildman–Crippen LogP) is 4.05. The SMILES string of the molecule is Cc1cnc(N2CC(Oc3ccc(F)c(F)c3)C2)c(C(=O)NC2(c3ccc(C(=O)O)cc3)CC2)c1. The van der Waals surface area contributed by atoms with Crippen LogP contribution in [0.15, 0.2) is 54.7 Å². The first kappa shape index (κ1) is 22.8. The molecule has 180 valence electrons. The number of amides is 1. The number of pyridine rings is 1. The molecule has 2 N–H and O–H groups in total. The molecule has 0 spiro atoms. The van der Waals surface area contributed by atoms with E-state index in [0.717, 1.165) is 36.1 Å². The molecule has 0 atom stereocenters. The van der Waals surface area contributed by atoms with Crippen LogP contribution in [0.25, 0.3) is 0 Å². The van der Waals surface area contributed by atoms with E-state index < -0.39 is 23.1 Å². The van der Waals surface area contributed by atoms with Gasteiger partial charge in [0.2, 0.25) is 0 Å². The molecule has 1 amide bonds. The minimum Gasteiger partial charge on any atom is -0.487 e. The summed E-state index contributed by atoms with van der Waals surface area (Å²) in [6, 6.07) is 11.7. The molecular formula is C26H23F2N3O4. The van der Waals surface area contributed by atoms with Crippen LogP contribution < -0.4 is 15.0 Å². The van der Waals surface area contributed by atoms with Gasteiger partial charge >= 0.3 is 5.97 Å². The molecule has 0 bridgehead atoms. The Morgan fingerprint density at radius 2 is 1.80 bits per heavy atom. The van der Waals surface area contributed by atoms with Crippen LogP contribution in [0.4, 0.5) is 14.6 Å². The third-order valence-corrected chi connectivity index (χ3v) is 6.38. The minimum atomic E-state index is -0.998. The van der Waals surface area contributed by atoms with E-state index in [4.69, 9.17) is 9.84 Å². The molecule has 0 radical (unpaired) electrons. The van der Waals surface area contributed by atoms with E-state index in [0.29, 0.717) is 24.5 Å². The first-order valence-electron chi connectivity index (χ1n) is 11.2. The van der Waals surface area contributed by atoms with Crippen molar-refractivity contribution < 1.29 is 28.2 Å². The highest BCUT2D eigenvalue weighted by Gasteiger charge is 2.46. The number of carboxylic acids is 1. The molecule has 1 aliphatic heterocycles. The number of hydrogen-bond donors (Lipinski definition) is 2. The fourth-order valence-corrected chi connectivity index (χ4v) is 4.24. The quantitative estimate of drug-likeness (QED) is 0.531. The molecule has 2 heterocycles. The molecule has 9 heteroatoms. The molecule has 0 unspecified atom stereocenters. The van der Waals surface area contributed by atoms with Crippen molar-refractivity contribution in [1.82, 2.24) is 10.3 Å². The van der Waals surface area contributed by atoms with Gasteiger partial charge in [0.1, 0.15) is 17.7 Å². The topological polar surface area (TPSA) is 91.8 Å². The summed E-state index contributed by atoms with van der Waals surface area (Å²) in [6.45, 7) is 2.74. The lowest BCUT2D eigenvalue weighted by atomic mass is 10.0. The Morgan fingerprint density at radius 1 is 1.09 bits per heavy atom. The molecule has 2 fully saturated rings. The Balaban J connectivity index is 1.29. The highest BCUT2D eigenvalue weighted by molar-refractivity contribution is 6.00. The van der Waals surface area contributed by atoms with E-state index in [1.165, 1.54) is 18.2 Å². The number of aryl methyl sites for hydroxylation is 1. The summed E-state index contributed by atoms with van der Waals surface area (Å²) in [7, 11) is 0. The van der Waals surface area contributed by atoms with E-state index in [9.17, 15) is 18.4 Å². The van der Waals surface area contributed by atoms with Gasteiger partial charge in [-0.3, -0.25) is 4.79 Å². The smallest absolute Gasteiger partial charge is 0.335 e. The summed E-state index contributed by atoms with van der Waals surface area (Å²) < 4.78 is 32.3. The standard InChI is InChI=1S/C26H23F2N3O4/c1-15-10-20(24(32)30-26(8-9-26)17-4-2-16(3-5-17)25(33)34)23(29-12-15)31-13-19(14-31)35-18-6-7-21(27)22(28)11-18/h2-7,10-12,19H,8-9,13-14H2,1H3,(H,30,32)(H,33,34). The van der Waals surface area contributed by atoms with Crippen molar-refractivity contribution in [3.05, 3.63) is 88.6 Å². The molecule has 2 aliphatic rings. The van der Waals surface area contributed by atoms with Gasteiger partial charge in [0.05, 0.1) is 29.8 Å². The van der Waals surface area contributed by atoms with Gasteiger partial charge in [-0.15, -0.1) is 0 Å². The van der Waals surface area contributed by atoms with Crippen molar-refractivity contribution in [1.29, 1.82) is 0 Å². The number of aromatic nitrogens is 1. The van der Waals surface area contributed by atoms with Crippen LogP contribution in [0.1, 0.15) is 44.7 Å². The zero-order valence-corrected chi connectivity index (χ0v) is 18.9. The van der Waals surface area contributed by atoms with E-state index in [-0.39, 0.29) is 23.3 Å². The highest BCUT2D eigenvalue weighted by atomic mass is 19.2. The molecule has 1 saturated carbocycles. The van der Waals surface area contributed by atoms with Gasteiger partial charge in [-0.05, 0) is 61.2 Å². The Hall–Kier alpha value is -4.01. The number of halogens is 2. The Labute approximate surface area is 200 Å². The van der Waals surface area contributed by atoms with Gasteiger partial charge in [-0.2, -0.15) is 0 Å². The van der Waals surface area contributed by atoms with Crippen LogP contribution in [-0.4, -0.2) is 41.2 Å². The van der Waals surface area contributed by atoms with Crippen molar-refractivity contribution >= 4 is 17.7 Å². The molecule has 1 aliphatic carbocycles. The summed E-state index contributed by atoms with van der Waals surface area (Å²) in [5.41, 5.74) is 1.80. The average Bonchev–Trinajstić information content (AvgIpc) is 3.59. The van der Waals surface area contributed by atoms with Crippen LogP contribution in [0.5, 0.6) is 5.75 Å². The van der Waals surface area contributed by atoms with Crippen LogP contribution >= 0.6 is 0 Å². The fraction of sp³-hybridized carbons (Fsp3) is 0.269. The van der Waals surface area contributed by atoms with Crippen molar-refractivity contribution in [3.8, 4) is 5.75 Å². The largest absolute Gasteiger partial charge is 0.487 e. The molecule has 5 rings (SSSR count). The second-order valence-electron chi connectivity index (χ2n) is 9.02. The zero-order chi connectivity index (χ0) is 24.7. The van der Waals surface area contributed by atoms with E-state index >= 15 is 0 Å². The molecule has 35 heavy (non-hydrogen) atoms. The maximum Gasteiger partial charge on any atom is 0.335 e. The third-order valence-electron chi connectivity index (χ3n) is 6.38. The Morgan fingerprint density at radius 3 is 2.43 bits per heavy atom. The fourth-order valence-electron chi connectivity index (χ4n) is 4.24. The summed E-state index contributed by atoms with van der Waals surface area (Å²) in [5, 5.41) is 12.2. The maximum atomic E-state index is 13.4. The van der Waals surface area contributed by atoms with Crippen molar-refractivity contribution in [2.75, 3.05) is 18.0 Å². The van der Waals surface area contributed by atoms with Crippen LogP contribution in [0, 0.1) is 18.6 Å². The van der Waals surface area contributed by atoms with Crippen LogP contribution in [0.3, 0.4) is 0 Å². The lowest BCUT2D eigenvalue weighted by Gasteiger charge is -2.40.